The molecule has 2 aromatic rings. The van der Waals surface area contributed by atoms with E-state index in [1.165, 1.54) is 26.2 Å². The molecule has 1 aromatic heterocycles. The summed E-state index contributed by atoms with van der Waals surface area (Å²) in [6.45, 7) is -5.70. The molecule has 1 unspecified atom stereocenters. The highest BCUT2D eigenvalue weighted by molar-refractivity contribution is 5.25. The average Bonchev–Trinajstić information content (AvgIpc) is 2.79. The van der Waals surface area contributed by atoms with E-state index in [-0.39, 0.29) is 23.5 Å². The Labute approximate surface area is 125 Å². The number of hydrogen-bond acceptors (Lipinski definition) is 3. The van der Waals surface area contributed by atoms with Gasteiger partial charge in [-0.15, -0.1) is 0 Å². The van der Waals surface area contributed by atoms with Crippen molar-refractivity contribution in [2.24, 2.45) is 7.05 Å². The molecule has 4 heteroatoms. The van der Waals surface area contributed by atoms with Crippen molar-refractivity contribution < 1.29 is 15.7 Å². The van der Waals surface area contributed by atoms with E-state index in [0.29, 0.717) is 0 Å². The Balaban J connectivity index is 2.52. The molecule has 2 rings (SSSR count). The molecule has 0 aliphatic carbocycles. The summed E-state index contributed by atoms with van der Waals surface area (Å²) in [5.74, 6) is 0. The van der Waals surface area contributed by atoms with Gasteiger partial charge in [-0.25, -0.2) is 0 Å². The summed E-state index contributed by atoms with van der Waals surface area (Å²) in [5.41, 5.74) is 0.0982. The van der Waals surface area contributed by atoms with Gasteiger partial charge >= 0.3 is 0 Å². The Bertz CT molecular complexity index is 792. The molecule has 0 saturated heterocycles. The number of rotatable bonds is 6. The fraction of sp³-hybridized carbons (Fsp3) is 0.400. The maximum atomic E-state index is 8.87. The van der Waals surface area contributed by atoms with Crippen LogP contribution in [-0.2, 0) is 11.8 Å². The van der Waals surface area contributed by atoms with Crippen LogP contribution in [-0.4, -0.2) is 41.8 Å². The zero-order valence-electron chi connectivity index (χ0n) is 18.8. The van der Waals surface area contributed by atoms with Crippen LogP contribution in [0.2, 0.25) is 0 Å². The normalized spacial score (nSPS) is 22.1. The first-order chi connectivity index (χ1) is 12.3. The Morgan fingerprint density at radius 1 is 1.58 bits per heavy atom. The Morgan fingerprint density at radius 3 is 3.00 bits per heavy atom. The molecule has 1 aromatic carbocycles. The molecule has 19 heavy (non-hydrogen) atoms. The highest BCUT2D eigenvalue weighted by Gasteiger charge is 2.17. The highest BCUT2D eigenvalue weighted by atomic mass is 16.5. The largest absolute Gasteiger partial charge is 0.366 e. The molecule has 0 N–H and O–H groups in total. The van der Waals surface area contributed by atoms with Crippen molar-refractivity contribution in [3.63, 3.8) is 0 Å². The van der Waals surface area contributed by atoms with Gasteiger partial charge in [0.05, 0.1) is 19.1 Å². The topological polar surface area (TPSA) is 30.3 Å². The lowest BCUT2D eigenvalue weighted by Crippen LogP contribution is -2.20. The molecule has 1 heterocycles. The first-order valence-electron chi connectivity index (χ1n) is 9.75. The second-order valence-electron chi connectivity index (χ2n) is 4.01. The molecule has 0 spiro atoms. The molecule has 0 bridgehead atoms. The van der Waals surface area contributed by atoms with Crippen LogP contribution in [0.1, 0.15) is 28.3 Å². The number of hydrogen-bond donors (Lipinski definition) is 0. The minimum Gasteiger partial charge on any atom is -0.366 e. The van der Waals surface area contributed by atoms with Gasteiger partial charge in [-0.05, 0) is 25.6 Å². The van der Waals surface area contributed by atoms with Crippen molar-refractivity contribution in [1.29, 1.82) is 0 Å². The van der Waals surface area contributed by atoms with Gasteiger partial charge in [0.1, 0.15) is 6.08 Å². The van der Waals surface area contributed by atoms with Crippen molar-refractivity contribution in [2.45, 2.75) is 6.08 Å². The van der Waals surface area contributed by atoms with E-state index < -0.39 is 26.2 Å². The SMILES string of the molecule is [2H]c1nn(C)c(C([2H])(OC([2H])([2H])CN(C)C([2H])([2H])[2H])c2ccccc2)c1[2H]. The molecular weight excluding hydrogens is 238 g/mol. The second-order valence-corrected chi connectivity index (χ2v) is 4.01. The van der Waals surface area contributed by atoms with E-state index in [2.05, 4.69) is 5.10 Å². The molecule has 0 amide bonds. The first kappa shape index (κ1) is 6.68. The van der Waals surface area contributed by atoms with Crippen LogP contribution in [0.4, 0.5) is 0 Å². The summed E-state index contributed by atoms with van der Waals surface area (Å²) >= 11 is 0. The molecule has 0 aliphatic heterocycles. The number of aromatic nitrogens is 2. The Hall–Kier alpha value is -1.65. The van der Waals surface area contributed by atoms with Crippen molar-refractivity contribution in [3.8, 4) is 0 Å². The van der Waals surface area contributed by atoms with Gasteiger partial charge in [0.25, 0.3) is 0 Å². The molecule has 0 radical (unpaired) electrons. The van der Waals surface area contributed by atoms with Gasteiger partial charge in [-0.2, -0.15) is 5.10 Å². The van der Waals surface area contributed by atoms with Crippen LogP contribution in [0.5, 0.6) is 0 Å². The summed E-state index contributed by atoms with van der Waals surface area (Å²) in [7, 11) is 2.66. The van der Waals surface area contributed by atoms with Crippen LogP contribution in [0.15, 0.2) is 42.5 Å². The standard InChI is InChI=1S/C15H21N3O/c1-17(2)11-12-19-15(13-7-5-4-6-8-13)14-9-10-16-18(14)3/h4-10,15H,11-12H2,1-3H3/i1D3,9D,10D,12D2,15D. The molecular formula is C15H21N3O. The minimum absolute atomic E-state index is 0.126. The first-order valence-corrected chi connectivity index (χ1v) is 5.75. The van der Waals surface area contributed by atoms with Crippen molar-refractivity contribution >= 4 is 0 Å². The van der Waals surface area contributed by atoms with Crippen molar-refractivity contribution in [2.75, 3.05) is 27.1 Å². The molecule has 4 nitrogen and oxygen atoms in total. The predicted molar refractivity (Wildman–Crippen MR) is 76.0 cm³/mol. The highest BCUT2D eigenvalue weighted by Crippen LogP contribution is 2.25. The summed E-state index contributed by atoms with van der Waals surface area (Å²) in [6.07, 6.45) is -2.58. The van der Waals surface area contributed by atoms with Crippen LogP contribution >= 0.6 is 0 Å². The predicted octanol–water partition coefficient (Wildman–Crippen LogP) is 2.09. The van der Waals surface area contributed by atoms with E-state index >= 15 is 0 Å². The van der Waals surface area contributed by atoms with Gasteiger partial charge in [-0.1, -0.05) is 30.3 Å². The van der Waals surface area contributed by atoms with Crippen LogP contribution in [0, 0.1) is 0 Å². The van der Waals surface area contributed by atoms with E-state index in [1.54, 1.807) is 18.2 Å². The summed E-state index contributed by atoms with van der Waals surface area (Å²) < 4.78 is 69.7. The van der Waals surface area contributed by atoms with Gasteiger partial charge in [-0.3, -0.25) is 4.68 Å². The lowest BCUT2D eigenvalue weighted by molar-refractivity contribution is 0.0638. The third kappa shape index (κ3) is 3.66. The van der Waals surface area contributed by atoms with E-state index in [4.69, 9.17) is 15.7 Å². The summed E-state index contributed by atoms with van der Waals surface area (Å²) in [4.78, 5) is 0.805. The van der Waals surface area contributed by atoms with Gasteiger partial charge in [0.2, 0.25) is 0 Å². The van der Waals surface area contributed by atoms with E-state index in [0.717, 1.165) is 9.58 Å². The molecule has 0 aliphatic rings. The van der Waals surface area contributed by atoms with Gasteiger partial charge in [0, 0.05) is 23.9 Å². The van der Waals surface area contributed by atoms with Crippen LogP contribution < -0.4 is 0 Å². The monoisotopic (exact) mass is 267 g/mol. The summed E-state index contributed by atoms with van der Waals surface area (Å²) in [6, 6.07) is 7.68. The van der Waals surface area contributed by atoms with E-state index in [9.17, 15) is 0 Å². The lowest BCUT2D eigenvalue weighted by atomic mass is 10.1. The number of nitrogens with zero attached hydrogens (tertiary/aromatic N) is 3. The summed E-state index contributed by atoms with van der Waals surface area (Å²) in [5, 5.41) is 3.81. The molecule has 1 atom stereocenters. The Morgan fingerprint density at radius 2 is 2.37 bits per heavy atom. The fourth-order valence-electron chi connectivity index (χ4n) is 1.52. The van der Waals surface area contributed by atoms with Crippen molar-refractivity contribution in [3.05, 3.63) is 53.8 Å². The van der Waals surface area contributed by atoms with Gasteiger partial charge in [0.15, 0.2) is 0 Å². The average molecular weight is 267 g/mol. The fourth-order valence-corrected chi connectivity index (χ4v) is 1.52. The number of benzene rings is 1. The van der Waals surface area contributed by atoms with Crippen molar-refractivity contribution in [1.82, 2.24) is 14.7 Å². The maximum Gasteiger partial charge on any atom is 0.124 e. The molecule has 0 saturated carbocycles. The quantitative estimate of drug-likeness (QED) is 0.803. The zero-order valence-corrected chi connectivity index (χ0v) is 10.8. The molecule has 0 fully saturated rings. The van der Waals surface area contributed by atoms with E-state index in [1.807, 2.05) is 0 Å². The molecule has 102 valence electrons. The third-order valence-corrected chi connectivity index (χ3v) is 2.42. The minimum atomic E-state index is -2.54. The zero-order chi connectivity index (χ0) is 20.6. The number of likely N-dealkylation sites (N-methyl/N-ethyl adjacent to an activating group) is 1. The third-order valence-electron chi connectivity index (χ3n) is 2.42. The van der Waals surface area contributed by atoms with Crippen LogP contribution in [0.3, 0.4) is 0 Å². The van der Waals surface area contributed by atoms with Crippen LogP contribution in [0.25, 0.3) is 0 Å². The van der Waals surface area contributed by atoms with Gasteiger partial charge < -0.3 is 9.64 Å². The number of aryl methyl sites for hydroxylation is 1. The maximum absolute atomic E-state index is 8.87. The lowest BCUT2D eigenvalue weighted by Gasteiger charge is -2.20. The number of ether oxygens (including phenoxy) is 1. The second kappa shape index (κ2) is 6.50. The smallest absolute Gasteiger partial charge is 0.124 e. The Kier molecular flexibility index (Phi) is 2.28.